The fourth-order valence-electron chi connectivity index (χ4n) is 3.06. The zero-order valence-electron chi connectivity index (χ0n) is 13.6. The van der Waals surface area contributed by atoms with Gasteiger partial charge in [0.15, 0.2) is 0 Å². The van der Waals surface area contributed by atoms with Gasteiger partial charge in [-0.15, -0.1) is 0 Å². The third-order valence-electron chi connectivity index (χ3n) is 4.07. The topological polar surface area (TPSA) is 45.2 Å². The fourth-order valence-corrected chi connectivity index (χ4v) is 3.06. The molecule has 0 amide bonds. The lowest BCUT2D eigenvalue weighted by Crippen LogP contribution is -2.25. The zero-order valence-corrected chi connectivity index (χ0v) is 13.6. The molecule has 1 atom stereocenters. The van der Waals surface area contributed by atoms with Crippen LogP contribution in [0.4, 0.5) is 4.39 Å². The number of rotatable bonds is 5. The summed E-state index contributed by atoms with van der Waals surface area (Å²) >= 11 is 0. The van der Waals surface area contributed by atoms with E-state index in [0.29, 0.717) is 12.2 Å². The molecule has 2 aromatic rings. The van der Waals surface area contributed by atoms with Gasteiger partial charge in [0.2, 0.25) is 0 Å². The monoisotopic (exact) mass is 315 g/mol. The predicted octanol–water partition coefficient (Wildman–Crippen LogP) is 2.41. The van der Waals surface area contributed by atoms with Gasteiger partial charge in [-0.05, 0) is 45.6 Å². The van der Waals surface area contributed by atoms with Crippen LogP contribution in [0.2, 0.25) is 0 Å². The summed E-state index contributed by atoms with van der Waals surface area (Å²) in [6.45, 7) is 2.21. The highest BCUT2D eigenvalue weighted by molar-refractivity contribution is 5.12. The van der Waals surface area contributed by atoms with Crippen LogP contribution < -0.4 is 0 Å². The number of halogens is 1. The first-order valence-electron chi connectivity index (χ1n) is 7.92. The molecule has 2 aromatic heterocycles. The summed E-state index contributed by atoms with van der Waals surface area (Å²) in [6, 6.07) is 3.27. The Morgan fingerprint density at radius 2 is 2.22 bits per heavy atom. The number of pyridine rings is 1. The van der Waals surface area contributed by atoms with Crippen molar-refractivity contribution in [2.24, 2.45) is 0 Å². The molecule has 0 spiro atoms. The smallest absolute Gasteiger partial charge is 0.146 e. The predicted molar refractivity (Wildman–Crippen MR) is 86.0 cm³/mol. The highest BCUT2D eigenvalue weighted by Crippen LogP contribution is 2.31. The minimum absolute atomic E-state index is 0.186. The van der Waals surface area contributed by atoms with Crippen LogP contribution in [0.15, 0.2) is 30.7 Å². The Bertz CT molecular complexity index is 661. The summed E-state index contributed by atoms with van der Waals surface area (Å²) in [6.07, 6.45) is 7.38. The van der Waals surface area contributed by atoms with E-state index >= 15 is 0 Å². The molecule has 1 aliphatic heterocycles. The maximum absolute atomic E-state index is 13.9. The molecule has 23 heavy (non-hydrogen) atoms. The van der Waals surface area contributed by atoms with Gasteiger partial charge in [-0.3, -0.25) is 19.9 Å². The van der Waals surface area contributed by atoms with Crippen molar-refractivity contribution in [2.75, 3.05) is 20.6 Å². The first-order valence-corrected chi connectivity index (χ1v) is 7.92. The second kappa shape index (κ2) is 7.10. The molecule has 0 saturated carbocycles. The van der Waals surface area contributed by atoms with Crippen molar-refractivity contribution in [3.05, 3.63) is 53.6 Å². The van der Waals surface area contributed by atoms with E-state index in [2.05, 4.69) is 19.8 Å². The Balaban J connectivity index is 1.77. The van der Waals surface area contributed by atoms with Crippen molar-refractivity contribution < 1.29 is 4.39 Å². The molecule has 0 radical (unpaired) electrons. The van der Waals surface area contributed by atoms with Gasteiger partial charge in [0.05, 0.1) is 23.1 Å². The first kappa shape index (κ1) is 16.0. The van der Waals surface area contributed by atoms with E-state index in [-0.39, 0.29) is 11.9 Å². The van der Waals surface area contributed by atoms with Crippen LogP contribution in [0.25, 0.3) is 0 Å². The number of aromatic nitrogens is 3. The summed E-state index contributed by atoms with van der Waals surface area (Å²) in [5.74, 6) is -0.245. The van der Waals surface area contributed by atoms with Crippen LogP contribution in [0.5, 0.6) is 0 Å². The molecule has 0 bridgehead atoms. The molecular formula is C17H22FN5. The summed E-state index contributed by atoms with van der Waals surface area (Å²) in [5.41, 5.74) is 2.43. The standard InChI is InChI=1S/C17H22FN5/c1-22(2)11-13-9-19-10-15(21-13)17-6-4-8-23(17)12-16-14(18)5-3-7-20-16/h3,5,7,9-10,17H,4,6,8,11-12H2,1-2H3/t17-/m0/s1. The van der Waals surface area contributed by atoms with Crippen LogP contribution in [0.1, 0.15) is 36.0 Å². The summed E-state index contributed by atoms with van der Waals surface area (Å²) in [4.78, 5) is 17.6. The Labute approximate surface area is 136 Å². The molecule has 1 aliphatic rings. The molecule has 3 heterocycles. The Hall–Kier alpha value is -1.92. The van der Waals surface area contributed by atoms with Gasteiger partial charge in [0, 0.05) is 31.7 Å². The lowest BCUT2D eigenvalue weighted by Gasteiger charge is -2.24. The Morgan fingerprint density at radius 3 is 3.00 bits per heavy atom. The quantitative estimate of drug-likeness (QED) is 0.848. The maximum Gasteiger partial charge on any atom is 0.146 e. The molecule has 0 unspecified atom stereocenters. The highest BCUT2D eigenvalue weighted by atomic mass is 19.1. The molecule has 0 N–H and O–H groups in total. The van der Waals surface area contributed by atoms with Crippen LogP contribution in [-0.2, 0) is 13.1 Å². The molecule has 0 aromatic carbocycles. The van der Waals surface area contributed by atoms with Crippen LogP contribution >= 0.6 is 0 Å². The second-order valence-electron chi connectivity index (χ2n) is 6.23. The van der Waals surface area contributed by atoms with Crippen LogP contribution in [0.3, 0.4) is 0 Å². The van der Waals surface area contributed by atoms with Crippen molar-refractivity contribution >= 4 is 0 Å². The third kappa shape index (κ3) is 3.89. The van der Waals surface area contributed by atoms with Gasteiger partial charge in [-0.2, -0.15) is 0 Å². The third-order valence-corrected chi connectivity index (χ3v) is 4.07. The van der Waals surface area contributed by atoms with E-state index in [9.17, 15) is 4.39 Å². The van der Waals surface area contributed by atoms with Crippen molar-refractivity contribution in [3.8, 4) is 0 Å². The Morgan fingerprint density at radius 1 is 1.35 bits per heavy atom. The normalized spacial score (nSPS) is 18.7. The van der Waals surface area contributed by atoms with Crippen molar-refractivity contribution in [2.45, 2.75) is 32.0 Å². The van der Waals surface area contributed by atoms with Crippen molar-refractivity contribution in [1.29, 1.82) is 0 Å². The van der Waals surface area contributed by atoms with Crippen LogP contribution in [-0.4, -0.2) is 45.4 Å². The summed E-state index contributed by atoms with van der Waals surface area (Å²) in [5, 5.41) is 0. The average Bonchev–Trinajstić information content (AvgIpc) is 2.97. The van der Waals surface area contributed by atoms with Gasteiger partial charge in [0.25, 0.3) is 0 Å². The van der Waals surface area contributed by atoms with E-state index in [4.69, 9.17) is 4.98 Å². The number of nitrogens with zero attached hydrogens (tertiary/aromatic N) is 5. The fraction of sp³-hybridized carbons (Fsp3) is 0.471. The van der Waals surface area contributed by atoms with Crippen molar-refractivity contribution in [1.82, 2.24) is 24.8 Å². The van der Waals surface area contributed by atoms with Gasteiger partial charge in [-0.25, -0.2) is 4.39 Å². The first-order chi connectivity index (χ1) is 11.1. The summed E-state index contributed by atoms with van der Waals surface area (Å²) < 4.78 is 13.9. The largest absolute Gasteiger partial charge is 0.304 e. The molecule has 1 saturated heterocycles. The SMILES string of the molecule is CN(C)Cc1cncc([C@@H]2CCCN2Cc2ncccc2F)n1. The summed E-state index contributed by atoms with van der Waals surface area (Å²) in [7, 11) is 4.03. The molecule has 0 aliphatic carbocycles. The van der Waals surface area contributed by atoms with E-state index in [1.807, 2.05) is 20.3 Å². The lowest BCUT2D eigenvalue weighted by atomic mass is 10.1. The number of likely N-dealkylation sites (tertiary alicyclic amines) is 1. The maximum atomic E-state index is 13.9. The molecule has 3 rings (SSSR count). The van der Waals surface area contributed by atoms with E-state index < -0.39 is 0 Å². The Kier molecular flexibility index (Phi) is 4.93. The van der Waals surface area contributed by atoms with Gasteiger partial charge in [0.1, 0.15) is 5.82 Å². The number of hydrogen-bond acceptors (Lipinski definition) is 5. The number of hydrogen-bond donors (Lipinski definition) is 0. The van der Waals surface area contributed by atoms with E-state index in [0.717, 1.165) is 37.3 Å². The van der Waals surface area contributed by atoms with Crippen molar-refractivity contribution in [3.63, 3.8) is 0 Å². The van der Waals surface area contributed by atoms with E-state index in [1.165, 1.54) is 6.07 Å². The van der Waals surface area contributed by atoms with Gasteiger partial charge >= 0.3 is 0 Å². The average molecular weight is 315 g/mol. The van der Waals surface area contributed by atoms with Gasteiger partial charge < -0.3 is 4.90 Å². The zero-order chi connectivity index (χ0) is 16.2. The highest BCUT2D eigenvalue weighted by Gasteiger charge is 2.28. The minimum atomic E-state index is -0.245. The molecule has 1 fully saturated rings. The lowest BCUT2D eigenvalue weighted by molar-refractivity contribution is 0.236. The van der Waals surface area contributed by atoms with Crippen LogP contribution in [0, 0.1) is 5.82 Å². The second-order valence-corrected chi connectivity index (χ2v) is 6.23. The minimum Gasteiger partial charge on any atom is -0.304 e. The molecule has 6 heteroatoms. The van der Waals surface area contributed by atoms with E-state index in [1.54, 1.807) is 18.5 Å². The van der Waals surface area contributed by atoms with Gasteiger partial charge in [-0.1, -0.05) is 0 Å². The molecular weight excluding hydrogens is 293 g/mol. The molecule has 122 valence electrons. The molecule has 5 nitrogen and oxygen atoms in total.